The van der Waals surface area contributed by atoms with Crippen LogP contribution in [0.4, 0.5) is 5.69 Å². The summed E-state index contributed by atoms with van der Waals surface area (Å²) in [7, 11) is 0. The predicted molar refractivity (Wildman–Crippen MR) is 111 cm³/mol. The van der Waals surface area contributed by atoms with E-state index in [9.17, 15) is 4.79 Å². The lowest BCUT2D eigenvalue weighted by molar-refractivity contribution is -0.113. The van der Waals surface area contributed by atoms with Gasteiger partial charge in [-0.1, -0.05) is 42.1 Å². The molecule has 0 radical (unpaired) electrons. The SMILES string of the molecule is CCn1c(SCC(=O)Nc2ccccc2C#N)nnc1-c1cc2ccccc2o1. The summed E-state index contributed by atoms with van der Waals surface area (Å²) in [6.07, 6.45) is 0. The molecule has 0 aliphatic carbocycles. The van der Waals surface area contributed by atoms with Gasteiger partial charge in [0.2, 0.25) is 11.7 Å². The van der Waals surface area contributed by atoms with E-state index in [4.69, 9.17) is 9.68 Å². The highest BCUT2D eigenvalue weighted by Gasteiger charge is 2.18. The van der Waals surface area contributed by atoms with Gasteiger partial charge in [-0.05, 0) is 31.2 Å². The number of hydrogen-bond acceptors (Lipinski definition) is 6. The van der Waals surface area contributed by atoms with E-state index < -0.39 is 0 Å². The Kier molecular flexibility index (Phi) is 5.31. The Labute approximate surface area is 171 Å². The van der Waals surface area contributed by atoms with E-state index in [0.717, 1.165) is 11.0 Å². The minimum Gasteiger partial charge on any atom is -0.453 e. The molecule has 0 saturated carbocycles. The molecule has 4 rings (SSSR count). The van der Waals surface area contributed by atoms with Crippen molar-refractivity contribution in [1.29, 1.82) is 5.26 Å². The van der Waals surface area contributed by atoms with Crippen LogP contribution in [0, 0.1) is 11.3 Å². The summed E-state index contributed by atoms with van der Waals surface area (Å²) >= 11 is 1.29. The molecule has 1 amide bonds. The summed E-state index contributed by atoms with van der Waals surface area (Å²) in [5.74, 6) is 1.20. The first-order valence-corrected chi connectivity index (χ1v) is 10.0. The third kappa shape index (κ3) is 3.86. The Hall–Kier alpha value is -3.57. The minimum atomic E-state index is -0.214. The normalized spacial score (nSPS) is 10.8. The second-order valence-corrected chi connectivity index (χ2v) is 7.14. The maximum Gasteiger partial charge on any atom is 0.234 e. The number of anilines is 1. The fourth-order valence-corrected chi connectivity index (χ4v) is 3.76. The summed E-state index contributed by atoms with van der Waals surface area (Å²) in [5, 5.41) is 22.0. The number of nitriles is 1. The molecule has 29 heavy (non-hydrogen) atoms. The molecule has 8 heteroatoms. The molecule has 0 spiro atoms. The monoisotopic (exact) mass is 403 g/mol. The molecule has 0 atom stereocenters. The van der Waals surface area contributed by atoms with Crippen molar-refractivity contribution < 1.29 is 9.21 Å². The van der Waals surface area contributed by atoms with Crippen molar-refractivity contribution in [1.82, 2.24) is 14.8 Å². The molecule has 0 saturated heterocycles. The van der Waals surface area contributed by atoms with E-state index >= 15 is 0 Å². The van der Waals surface area contributed by atoms with Crippen LogP contribution >= 0.6 is 11.8 Å². The second kappa shape index (κ2) is 8.20. The average Bonchev–Trinajstić information content (AvgIpc) is 3.36. The van der Waals surface area contributed by atoms with Crippen LogP contribution in [0.25, 0.3) is 22.6 Å². The lowest BCUT2D eigenvalue weighted by Crippen LogP contribution is -2.15. The molecular formula is C21H17N5O2S. The van der Waals surface area contributed by atoms with Crippen molar-refractivity contribution in [3.8, 4) is 17.7 Å². The smallest absolute Gasteiger partial charge is 0.234 e. The highest BCUT2D eigenvalue weighted by Crippen LogP contribution is 2.29. The number of furan rings is 1. The third-order valence-corrected chi connectivity index (χ3v) is 5.30. The summed E-state index contributed by atoms with van der Waals surface area (Å²) in [6, 6.07) is 18.7. The Balaban J connectivity index is 1.50. The molecule has 7 nitrogen and oxygen atoms in total. The van der Waals surface area contributed by atoms with Crippen LogP contribution in [0.5, 0.6) is 0 Å². The Bertz CT molecular complexity index is 1190. The number of carbonyl (C=O) groups excluding carboxylic acids is 1. The standard InChI is InChI=1S/C21H17N5O2S/c1-2-26-20(18-11-14-7-4-6-10-17(14)28-18)24-25-21(26)29-13-19(27)23-16-9-5-3-8-15(16)12-22/h3-11H,2,13H2,1H3,(H,23,27). The highest BCUT2D eigenvalue weighted by atomic mass is 32.2. The summed E-state index contributed by atoms with van der Waals surface area (Å²) < 4.78 is 7.81. The number of para-hydroxylation sites is 2. The molecule has 0 aliphatic heterocycles. The first kappa shape index (κ1) is 18.8. The number of fused-ring (bicyclic) bond motifs is 1. The van der Waals surface area contributed by atoms with Crippen molar-refractivity contribution in [2.24, 2.45) is 0 Å². The Morgan fingerprint density at radius 3 is 2.79 bits per heavy atom. The molecule has 2 aromatic heterocycles. The van der Waals surface area contributed by atoms with Crippen LogP contribution in [0.15, 0.2) is 64.2 Å². The lowest BCUT2D eigenvalue weighted by atomic mass is 10.2. The quantitative estimate of drug-likeness (QED) is 0.482. The fraction of sp³-hybridized carbons (Fsp3) is 0.143. The van der Waals surface area contributed by atoms with E-state index in [1.807, 2.05) is 41.8 Å². The second-order valence-electron chi connectivity index (χ2n) is 6.19. The number of nitrogens with one attached hydrogen (secondary N) is 1. The first-order chi connectivity index (χ1) is 14.2. The number of benzene rings is 2. The zero-order valence-corrected chi connectivity index (χ0v) is 16.4. The van der Waals surface area contributed by atoms with E-state index in [2.05, 4.69) is 21.6 Å². The average molecular weight is 403 g/mol. The topological polar surface area (TPSA) is 96.7 Å². The van der Waals surface area contributed by atoms with Crippen LogP contribution < -0.4 is 5.32 Å². The molecule has 4 aromatic rings. The molecule has 0 aliphatic rings. The van der Waals surface area contributed by atoms with Crippen LogP contribution in [0.3, 0.4) is 0 Å². The van der Waals surface area contributed by atoms with Gasteiger partial charge in [-0.2, -0.15) is 5.26 Å². The molecule has 144 valence electrons. The number of nitrogens with zero attached hydrogens (tertiary/aromatic N) is 4. The lowest BCUT2D eigenvalue weighted by Gasteiger charge is -2.07. The maximum atomic E-state index is 12.3. The molecule has 2 heterocycles. The number of aromatic nitrogens is 3. The van der Waals surface area contributed by atoms with Gasteiger partial charge in [-0.15, -0.1) is 10.2 Å². The first-order valence-electron chi connectivity index (χ1n) is 9.03. The summed E-state index contributed by atoms with van der Waals surface area (Å²) in [5.41, 5.74) is 1.72. The van der Waals surface area contributed by atoms with E-state index in [1.54, 1.807) is 24.3 Å². The van der Waals surface area contributed by atoms with Crippen molar-refractivity contribution in [2.75, 3.05) is 11.1 Å². The van der Waals surface area contributed by atoms with Crippen LogP contribution in [-0.2, 0) is 11.3 Å². The molecule has 0 fully saturated rings. The maximum absolute atomic E-state index is 12.3. The molecule has 2 aromatic carbocycles. The zero-order chi connectivity index (χ0) is 20.2. The zero-order valence-electron chi connectivity index (χ0n) is 15.6. The van der Waals surface area contributed by atoms with E-state index in [-0.39, 0.29) is 11.7 Å². The number of carbonyl (C=O) groups is 1. The largest absolute Gasteiger partial charge is 0.453 e. The van der Waals surface area contributed by atoms with Gasteiger partial charge in [0.25, 0.3) is 0 Å². The predicted octanol–water partition coefficient (Wildman–Crippen LogP) is 4.31. The fourth-order valence-electron chi connectivity index (χ4n) is 2.96. The molecule has 0 unspecified atom stereocenters. The summed E-state index contributed by atoms with van der Waals surface area (Å²) in [4.78, 5) is 12.3. The van der Waals surface area contributed by atoms with Gasteiger partial charge < -0.3 is 9.73 Å². The van der Waals surface area contributed by atoms with Crippen molar-refractivity contribution in [3.05, 3.63) is 60.2 Å². The van der Waals surface area contributed by atoms with Gasteiger partial charge in [0.1, 0.15) is 11.7 Å². The highest BCUT2D eigenvalue weighted by molar-refractivity contribution is 7.99. The van der Waals surface area contributed by atoms with Crippen molar-refractivity contribution in [3.63, 3.8) is 0 Å². The van der Waals surface area contributed by atoms with E-state index in [0.29, 0.717) is 34.5 Å². The van der Waals surface area contributed by atoms with Gasteiger partial charge in [0.15, 0.2) is 10.9 Å². The van der Waals surface area contributed by atoms with Crippen molar-refractivity contribution in [2.45, 2.75) is 18.6 Å². The van der Waals surface area contributed by atoms with Crippen LogP contribution in [0.2, 0.25) is 0 Å². The summed E-state index contributed by atoms with van der Waals surface area (Å²) in [6.45, 7) is 2.63. The van der Waals surface area contributed by atoms with Gasteiger partial charge in [-0.25, -0.2) is 0 Å². The van der Waals surface area contributed by atoms with Gasteiger partial charge in [-0.3, -0.25) is 9.36 Å². The van der Waals surface area contributed by atoms with Gasteiger partial charge in [0.05, 0.1) is 17.0 Å². The minimum absolute atomic E-state index is 0.151. The van der Waals surface area contributed by atoms with Gasteiger partial charge in [0, 0.05) is 11.9 Å². The molecular weight excluding hydrogens is 386 g/mol. The van der Waals surface area contributed by atoms with Crippen LogP contribution in [-0.4, -0.2) is 26.4 Å². The Morgan fingerprint density at radius 2 is 2.00 bits per heavy atom. The number of hydrogen-bond donors (Lipinski definition) is 1. The number of amides is 1. The van der Waals surface area contributed by atoms with Crippen molar-refractivity contribution >= 4 is 34.3 Å². The van der Waals surface area contributed by atoms with Gasteiger partial charge >= 0.3 is 0 Å². The van der Waals surface area contributed by atoms with Crippen LogP contribution in [0.1, 0.15) is 12.5 Å². The number of thioether (sulfide) groups is 1. The van der Waals surface area contributed by atoms with E-state index in [1.165, 1.54) is 11.8 Å². The number of rotatable bonds is 6. The molecule has 0 bridgehead atoms. The Morgan fingerprint density at radius 1 is 1.21 bits per heavy atom. The molecule has 1 N–H and O–H groups in total. The third-order valence-electron chi connectivity index (χ3n) is 4.33.